The molecular weight excluding hydrogens is 282 g/mol. The molecule has 21 heavy (non-hydrogen) atoms. The Balaban J connectivity index is 1.70. The summed E-state index contributed by atoms with van der Waals surface area (Å²) in [5, 5.41) is 14.6. The topological polar surface area (TPSA) is 58.0 Å². The van der Waals surface area contributed by atoms with Gasteiger partial charge in [0, 0.05) is 10.9 Å². The molecule has 1 fully saturated rings. The van der Waals surface area contributed by atoms with E-state index in [2.05, 4.69) is 15.3 Å². The van der Waals surface area contributed by atoms with Crippen molar-refractivity contribution in [1.29, 1.82) is 0 Å². The number of thiophene rings is 1. The Morgan fingerprint density at radius 2 is 1.95 bits per heavy atom. The molecule has 0 saturated heterocycles. The number of rotatable bonds is 2. The molecule has 2 N–H and O–H groups in total. The minimum atomic E-state index is -0.111. The first kappa shape index (κ1) is 13.5. The van der Waals surface area contributed by atoms with Crippen molar-refractivity contribution in [1.82, 2.24) is 9.97 Å². The molecule has 0 bridgehead atoms. The van der Waals surface area contributed by atoms with E-state index in [1.54, 1.807) is 0 Å². The molecular formula is C16H21N3OS. The molecule has 4 rings (SSSR count). The summed E-state index contributed by atoms with van der Waals surface area (Å²) in [7, 11) is 0. The number of nitrogens with zero attached hydrogens (tertiary/aromatic N) is 2. The second kappa shape index (κ2) is 5.21. The monoisotopic (exact) mass is 303 g/mol. The van der Waals surface area contributed by atoms with E-state index < -0.39 is 0 Å². The van der Waals surface area contributed by atoms with Crippen molar-refractivity contribution < 1.29 is 5.11 Å². The Morgan fingerprint density at radius 1 is 1.14 bits per heavy atom. The number of anilines is 1. The third kappa shape index (κ3) is 2.42. The lowest BCUT2D eigenvalue weighted by Crippen LogP contribution is -2.28. The van der Waals surface area contributed by atoms with Gasteiger partial charge in [-0.25, -0.2) is 9.97 Å². The first-order valence-corrected chi connectivity index (χ1v) is 8.76. The Hall–Kier alpha value is -1.20. The highest BCUT2D eigenvalue weighted by molar-refractivity contribution is 7.19. The standard InChI is InChI=1S/C16H21N3OS/c1-9-17-15(19-10-5-7-11(20)8-6-10)14-12-3-2-4-13(12)21-16(14)18-9/h10-11,20H,2-8H2,1H3,(H,17,18,19). The zero-order valence-electron chi connectivity index (χ0n) is 12.4. The minimum Gasteiger partial charge on any atom is -0.393 e. The van der Waals surface area contributed by atoms with Gasteiger partial charge in [0.25, 0.3) is 0 Å². The average Bonchev–Trinajstić information content (AvgIpc) is 3.01. The molecule has 0 aliphatic heterocycles. The van der Waals surface area contributed by atoms with Crippen LogP contribution >= 0.6 is 11.3 Å². The number of nitrogens with one attached hydrogen (secondary N) is 1. The molecule has 0 spiro atoms. The third-order valence-corrected chi connectivity index (χ3v) is 5.90. The number of fused-ring (bicyclic) bond motifs is 3. The van der Waals surface area contributed by atoms with E-state index in [0.29, 0.717) is 6.04 Å². The molecule has 0 aromatic carbocycles. The van der Waals surface area contributed by atoms with Gasteiger partial charge in [-0.05, 0) is 57.4 Å². The maximum Gasteiger partial charge on any atom is 0.139 e. The maximum absolute atomic E-state index is 9.65. The predicted octanol–water partition coefficient (Wildman–Crippen LogP) is 3.20. The van der Waals surface area contributed by atoms with Gasteiger partial charge >= 0.3 is 0 Å². The fraction of sp³-hybridized carbons (Fsp3) is 0.625. The van der Waals surface area contributed by atoms with Crippen LogP contribution in [0.15, 0.2) is 0 Å². The van der Waals surface area contributed by atoms with E-state index in [0.717, 1.165) is 42.2 Å². The van der Waals surface area contributed by atoms with Crippen molar-refractivity contribution in [3.63, 3.8) is 0 Å². The molecule has 5 heteroatoms. The van der Waals surface area contributed by atoms with Crippen LogP contribution in [0.1, 0.15) is 48.4 Å². The summed E-state index contributed by atoms with van der Waals surface area (Å²) in [6.07, 6.45) is 7.36. The highest BCUT2D eigenvalue weighted by Gasteiger charge is 2.24. The van der Waals surface area contributed by atoms with Gasteiger partial charge < -0.3 is 10.4 Å². The van der Waals surface area contributed by atoms with Gasteiger partial charge in [0.15, 0.2) is 0 Å². The molecule has 2 heterocycles. The van der Waals surface area contributed by atoms with Crippen molar-refractivity contribution in [2.75, 3.05) is 5.32 Å². The molecule has 2 aliphatic rings. The number of aryl methyl sites for hydroxylation is 3. The number of hydrogen-bond donors (Lipinski definition) is 2. The Bertz CT molecular complexity index is 674. The van der Waals surface area contributed by atoms with E-state index in [1.165, 1.54) is 35.1 Å². The molecule has 0 unspecified atom stereocenters. The Kier molecular flexibility index (Phi) is 3.34. The first-order chi connectivity index (χ1) is 10.2. The number of hydrogen-bond acceptors (Lipinski definition) is 5. The number of aliphatic hydroxyl groups is 1. The van der Waals surface area contributed by atoms with Crippen LogP contribution in [-0.2, 0) is 12.8 Å². The Labute approximate surface area is 128 Å². The summed E-state index contributed by atoms with van der Waals surface area (Å²) in [5.41, 5.74) is 1.48. The summed E-state index contributed by atoms with van der Waals surface area (Å²) >= 11 is 1.85. The number of aromatic nitrogens is 2. The summed E-state index contributed by atoms with van der Waals surface area (Å²) in [6.45, 7) is 1.97. The van der Waals surface area contributed by atoms with Crippen LogP contribution in [0.25, 0.3) is 10.2 Å². The highest BCUT2D eigenvalue weighted by Crippen LogP contribution is 2.40. The van der Waals surface area contributed by atoms with Gasteiger partial charge in [-0.15, -0.1) is 11.3 Å². The molecule has 112 valence electrons. The minimum absolute atomic E-state index is 0.111. The van der Waals surface area contributed by atoms with Crippen LogP contribution in [0.2, 0.25) is 0 Å². The van der Waals surface area contributed by atoms with Crippen LogP contribution < -0.4 is 5.32 Å². The fourth-order valence-corrected chi connectivity index (χ4v) is 4.93. The quantitative estimate of drug-likeness (QED) is 0.894. The second-order valence-electron chi connectivity index (χ2n) is 6.31. The third-order valence-electron chi connectivity index (χ3n) is 4.71. The molecule has 1 saturated carbocycles. The van der Waals surface area contributed by atoms with E-state index >= 15 is 0 Å². The van der Waals surface area contributed by atoms with Crippen molar-refractivity contribution in [2.24, 2.45) is 0 Å². The van der Waals surface area contributed by atoms with Gasteiger partial charge in [0.2, 0.25) is 0 Å². The molecule has 0 amide bonds. The molecule has 4 nitrogen and oxygen atoms in total. The van der Waals surface area contributed by atoms with Gasteiger partial charge in [-0.1, -0.05) is 0 Å². The smallest absolute Gasteiger partial charge is 0.139 e. The van der Waals surface area contributed by atoms with E-state index in [9.17, 15) is 5.11 Å². The highest BCUT2D eigenvalue weighted by atomic mass is 32.1. The summed E-state index contributed by atoms with van der Waals surface area (Å²) in [6, 6.07) is 0.433. The predicted molar refractivity (Wildman–Crippen MR) is 86.1 cm³/mol. The van der Waals surface area contributed by atoms with E-state index in [1.807, 2.05) is 18.3 Å². The lowest BCUT2D eigenvalue weighted by molar-refractivity contribution is 0.126. The van der Waals surface area contributed by atoms with Crippen LogP contribution in [0, 0.1) is 6.92 Å². The largest absolute Gasteiger partial charge is 0.393 e. The Morgan fingerprint density at radius 3 is 2.76 bits per heavy atom. The van der Waals surface area contributed by atoms with Crippen molar-refractivity contribution in [3.05, 3.63) is 16.3 Å². The van der Waals surface area contributed by atoms with E-state index in [-0.39, 0.29) is 6.10 Å². The maximum atomic E-state index is 9.65. The number of aliphatic hydroxyl groups excluding tert-OH is 1. The van der Waals surface area contributed by atoms with Crippen LogP contribution in [0.5, 0.6) is 0 Å². The van der Waals surface area contributed by atoms with Crippen molar-refractivity contribution in [2.45, 2.75) is 64.0 Å². The zero-order chi connectivity index (χ0) is 14.4. The molecule has 2 aromatic rings. The molecule has 0 atom stereocenters. The van der Waals surface area contributed by atoms with Crippen LogP contribution in [-0.4, -0.2) is 27.2 Å². The fourth-order valence-electron chi connectivity index (χ4n) is 3.62. The van der Waals surface area contributed by atoms with Gasteiger partial charge in [0.05, 0.1) is 11.5 Å². The van der Waals surface area contributed by atoms with Crippen LogP contribution in [0.3, 0.4) is 0 Å². The SMILES string of the molecule is Cc1nc(NC2CCC(O)CC2)c2c3c(sc2n1)CCC3. The second-order valence-corrected chi connectivity index (χ2v) is 7.39. The van der Waals surface area contributed by atoms with Crippen LogP contribution in [0.4, 0.5) is 5.82 Å². The van der Waals surface area contributed by atoms with Crippen molar-refractivity contribution >= 4 is 27.4 Å². The zero-order valence-corrected chi connectivity index (χ0v) is 13.2. The summed E-state index contributed by atoms with van der Waals surface area (Å²) < 4.78 is 0. The van der Waals surface area contributed by atoms with Gasteiger partial charge in [0.1, 0.15) is 16.5 Å². The molecule has 2 aliphatic carbocycles. The average molecular weight is 303 g/mol. The van der Waals surface area contributed by atoms with E-state index in [4.69, 9.17) is 0 Å². The molecule has 0 radical (unpaired) electrons. The normalized spacial score (nSPS) is 25.2. The molecule has 2 aromatic heterocycles. The lowest BCUT2D eigenvalue weighted by atomic mass is 9.93. The van der Waals surface area contributed by atoms with Gasteiger partial charge in [-0.2, -0.15) is 0 Å². The summed E-state index contributed by atoms with van der Waals surface area (Å²) in [5.74, 6) is 1.87. The summed E-state index contributed by atoms with van der Waals surface area (Å²) in [4.78, 5) is 12.0. The van der Waals surface area contributed by atoms with Crippen molar-refractivity contribution in [3.8, 4) is 0 Å². The first-order valence-electron chi connectivity index (χ1n) is 7.94. The van der Waals surface area contributed by atoms with Gasteiger partial charge in [-0.3, -0.25) is 0 Å². The lowest BCUT2D eigenvalue weighted by Gasteiger charge is -2.27.